The minimum Gasteiger partial charge on any atom is -0.302 e. The van der Waals surface area contributed by atoms with E-state index in [1.807, 2.05) is 18.2 Å². The molecule has 0 radical (unpaired) electrons. The van der Waals surface area contributed by atoms with Gasteiger partial charge in [0.2, 0.25) is 0 Å². The zero-order valence-electron chi connectivity index (χ0n) is 12.1. The number of hydrogen-bond acceptors (Lipinski definition) is 1. The number of nitrogens with one attached hydrogen (secondary N) is 2. The van der Waals surface area contributed by atoms with E-state index in [4.69, 9.17) is 4.67 Å². The van der Waals surface area contributed by atoms with Crippen molar-refractivity contribution in [2.75, 3.05) is 30.7 Å². The number of amidine groups is 1. The maximum absolute atomic E-state index is 4.81. The van der Waals surface area contributed by atoms with Crippen LogP contribution >= 0.6 is 27.7 Å². The molecule has 2 saturated heterocycles. The standard InChI is InChI=1S/C15H19BrN4S/c1-11-6-8-20(10-11)14(19-15-17-7-9-21-15)18-13-5-3-2-4-12(13)16/h2-5,11H,6-10H2,1H3,(H,17,18,19)/p+1. The molecule has 0 aromatic heterocycles. The zero-order valence-corrected chi connectivity index (χ0v) is 14.5. The summed E-state index contributed by atoms with van der Waals surface area (Å²) in [6, 6.07) is 8.17. The lowest BCUT2D eigenvalue weighted by molar-refractivity contribution is 0.492. The van der Waals surface area contributed by atoms with Gasteiger partial charge in [0.05, 0.1) is 29.8 Å². The van der Waals surface area contributed by atoms with Crippen LogP contribution in [0.4, 0.5) is 5.69 Å². The van der Waals surface area contributed by atoms with Crippen LogP contribution in [-0.2, 0) is 0 Å². The molecule has 3 rings (SSSR count). The molecule has 6 heteroatoms. The maximum Gasteiger partial charge on any atom is 0.402 e. The molecule has 1 atom stereocenters. The third kappa shape index (κ3) is 3.76. The molecule has 1 aromatic carbocycles. The molecule has 0 spiro atoms. The highest BCUT2D eigenvalue weighted by molar-refractivity contribution is 9.10. The topological polar surface area (TPSA) is 41.4 Å². The van der Waals surface area contributed by atoms with E-state index in [0.29, 0.717) is 0 Å². The summed E-state index contributed by atoms with van der Waals surface area (Å²) in [5.74, 6) is 2.77. The van der Waals surface area contributed by atoms with Crippen LogP contribution in [0.15, 0.2) is 28.7 Å². The molecule has 2 fully saturated rings. The minimum absolute atomic E-state index is 0.727. The largest absolute Gasteiger partial charge is 0.402 e. The molecule has 1 aromatic rings. The quantitative estimate of drug-likeness (QED) is 0.454. The van der Waals surface area contributed by atoms with Crippen LogP contribution in [-0.4, -0.2) is 41.4 Å². The Morgan fingerprint density at radius 2 is 2.33 bits per heavy atom. The molecule has 0 bridgehead atoms. The number of likely N-dealkylation sites (tertiary alicyclic amines) is 1. The summed E-state index contributed by atoms with van der Waals surface area (Å²) in [5, 5.41) is 7.85. The van der Waals surface area contributed by atoms with E-state index in [9.17, 15) is 0 Å². The van der Waals surface area contributed by atoms with Crippen LogP contribution in [0, 0.1) is 5.92 Å². The van der Waals surface area contributed by atoms with Crippen molar-refractivity contribution in [3.05, 3.63) is 28.7 Å². The molecule has 2 heterocycles. The fraction of sp³-hybridized carbons (Fsp3) is 0.467. The molecule has 2 aliphatic heterocycles. The van der Waals surface area contributed by atoms with Crippen molar-refractivity contribution in [2.45, 2.75) is 13.3 Å². The fourth-order valence-electron chi connectivity index (χ4n) is 2.51. The maximum atomic E-state index is 4.81. The number of anilines is 1. The van der Waals surface area contributed by atoms with Gasteiger partial charge in [-0.25, -0.2) is 4.67 Å². The number of para-hydroxylation sites is 1. The van der Waals surface area contributed by atoms with Crippen LogP contribution in [0.5, 0.6) is 0 Å². The number of rotatable bonds is 1. The SMILES string of the molecule is CC1CCN(C(=[N+]=C2NCCS2)Nc2ccccc2Br)C1. The van der Waals surface area contributed by atoms with E-state index < -0.39 is 0 Å². The van der Waals surface area contributed by atoms with Crippen LogP contribution in [0.2, 0.25) is 0 Å². The van der Waals surface area contributed by atoms with Crippen molar-refractivity contribution in [3.63, 3.8) is 0 Å². The summed E-state index contributed by atoms with van der Waals surface area (Å²) < 4.78 is 5.86. The smallest absolute Gasteiger partial charge is 0.302 e. The molecule has 1 unspecified atom stereocenters. The summed E-state index contributed by atoms with van der Waals surface area (Å²) in [7, 11) is 0. The first kappa shape index (κ1) is 14.8. The zero-order chi connectivity index (χ0) is 14.7. The summed E-state index contributed by atoms with van der Waals surface area (Å²) in [5.41, 5.74) is 1.06. The Bertz CT molecular complexity index is 575. The van der Waals surface area contributed by atoms with Crippen molar-refractivity contribution in [1.29, 1.82) is 0 Å². The lowest BCUT2D eigenvalue weighted by atomic mass is 10.2. The van der Waals surface area contributed by atoms with Gasteiger partial charge in [-0.05, 0) is 52.2 Å². The van der Waals surface area contributed by atoms with E-state index in [1.54, 1.807) is 11.8 Å². The molecular weight excluding hydrogens is 348 g/mol. The lowest BCUT2D eigenvalue weighted by Crippen LogP contribution is -2.38. The van der Waals surface area contributed by atoms with Gasteiger partial charge in [0.1, 0.15) is 0 Å². The average Bonchev–Trinajstić information content (AvgIpc) is 3.12. The molecular formula is C15H20BrN4S+. The highest BCUT2D eigenvalue weighted by atomic mass is 79.9. The van der Waals surface area contributed by atoms with Crippen molar-refractivity contribution in [1.82, 2.24) is 14.9 Å². The Morgan fingerprint density at radius 1 is 1.48 bits per heavy atom. The van der Waals surface area contributed by atoms with Crippen LogP contribution < -0.4 is 15.3 Å². The van der Waals surface area contributed by atoms with E-state index in [0.717, 1.165) is 52.6 Å². The van der Waals surface area contributed by atoms with E-state index in [-0.39, 0.29) is 0 Å². The molecule has 0 saturated carbocycles. The number of halogens is 1. The Hall–Kier alpha value is -1.10. The number of hydrogen-bond donors (Lipinski definition) is 2. The van der Waals surface area contributed by atoms with E-state index in [2.05, 4.69) is 44.5 Å². The number of guanidine groups is 1. The molecule has 0 amide bonds. The number of benzene rings is 1. The summed E-state index contributed by atoms with van der Waals surface area (Å²) in [4.78, 5) is 2.34. The predicted molar refractivity (Wildman–Crippen MR) is 95.7 cm³/mol. The normalized spacial score (nSPS) is 21.1. The molecule has 2 aliphatic rings. The van der Waals surface area contributed by atoms with Crippen LogP contribution in [0.25, 0.3) is 0 Å². The van der Waals surface area contributed by atoms with Gasteiger partial charge in [0, 0.05) is 5.75 Å². The first-order valence-corrected chi connectivity index (χ1v) is 9.09. The van der Waals surface area contributed by atoms with Gasteiger partial charge >= 0.3 is 11.1 Å². The van der Waals surface area contributed by atoms with Gasteiger partial charge in [-0.1, -0.05) is 19.1 Å². The van der Waals surface area contributed by atoms with Gasteiger partial charge in [0.15, 0.2) is 0 Å². The Balaban J connectivity index is 1.89. The molecule has 4 nitrogen and oxygen atoms in total. The predicted octanol–water partition coefficient (Wildman–Crippen LogP) is 2.32. The third-order valence-corrected chi connectivity index (χ3v) is 5.28. The first-order valence-electron chi connectivity index (χ1n) is 7.31. The number of nitrogens with zero attached hydrogens (tertiary/aromatic N) is 2. The summed E-state index contributed by atoms with van der Waals surface area (Å²) >= 11 is 5.38. The molecule has 0 aliphatic carbocycles. The Kier molecular flexibility index (Phi) is 4.78. The van der Waals surface area contributed by atoms with Crippen molar-refractivity contribution in [3.8, 4) is 0 Å². The summed E-state index contributed by atoms with van der Waals surface area (Å²) in [6.07, 6.45) is 1.23. The van der Waals surface area contributed by atoms with Crippen molar-refractivity contribution < 1.29 is 0 Å². The second kappa shape index (κ2) is 6.77. The van der Waals surface area contributed by atoms with E-state index in [1.165, 1.54) is 6.42 Å². The molecule has 21 heavy (non-hydrogen) atoms. The minimum atomic E-state index is 0.727. The monoisotopic (exact) mass is 367 g/mol. The lowest BCUT2D eigenvalue weighted by Gasteiger charge is -2.13. The Labute approximate surface area is 138 Å². The van der Waals surface area contributed by atoms with Gasteiger partial charge in [-0.3, -0.25) is 10.2 Å². The number of thioether (sulfide) groups is 1. The first-order chi connectivity index (χ1) is 10.2. The van der Waals surface area contributed by atoms with Crippen LogP contribution in [0.1, 0.15) is 13.3 Å². The second-order valence-corrected chi connectivity index (χ2v) is 7.40. The molecule has 112 valence electrons. The van der Waals surface area contributed by atoms with Crippen LogP contribution in [0.3, 0.4) is 0 Å². The van der Waals surface area contributed by atoms with Gasteiger partial charge in [0.25, 0.3) is 0 Å². The molecule has 2 N–H and O–H groups in total. The van der Waals surface area contributed by atoms with Crippen molar-refractivity contribution in [2.24, 2.45) is 5.92 Å². The average molecular weight is 368 g/mol. The summed E-state index contributed by atoms with van der Waals surface area (Å²) in [6.45, 7) is 5.43. The Morgan fingerprint density at radius 3 is 3.00 bits per heavy atom. The third-order valence-electron chi connectivity index (χ3n) is 3.67. The highest BCUT2D eigenvalue weighted by Gasteiger charge is 2.28. The van der Waals surface area contributed by atoms with Gasteiger partial charge < -0.3 is 5.32 Å². The van der Waals surface area contributed by atoms with Gasteiger partial charge in [-0.2, -0.15) is 0 Å². The van der Waals surface area contributed by atoms with Gasteiger partial charge in [-0.15, -0.1) is 0 Å². The highest BCUT2D eigenvalue weighted by Crippen LogP contribution is 2.22. The van der Waals surface area contributed by atoms with E-state index >= 15 is 0 Å². The van der Waals surface area contributed by atoms with Crippen molar-refractivity contribution >= 4 is 44.5 Å². The fourth-order valence-corrected chi connectivity index (χ4v) is 3.65. The second-order valence-electron chi connectivity index (χ2n) is 5.46.